The third-order valence-corrected chi connectivity index (χ3v) is 5.25. The second-order valence-corrected chi connectivity index (χ2v) is 7.38. The van der Waals surface area contributed by atoms with Crippen molar-refractivity contribution in [3.05, 3.63) is 83.6 Å². The summed E-state index contributed by atoms with van der Waals surface area (Å²) in [6.45, 7) is 2.55. The van der Waals surface area contributed by atoms with Gasteiger partial charge in [-0.2, -0.15) is 0 Å². The summed E-state index contributed by atoms with van der Waals surface area (Å²) in [4.78, 5) is 19.1. The zero-order valence-corrected chi connectivity index (χ0v) is 19.1. The molecule has 1 atom stereocenters. The van der Waals surface area contributed by atoms with Crippen LogP contribution in [0.3, 0.4) is 0 Å². The van der Waals surface area contributed by atoms with Crippen molar-refractivity contribution in [1.29, 1.82) is 0 Å². The van der Waals surface area contributed by atoms with Gasteiger partial charge in [0.25, 0.3) is 5.91 Å². The van der Waals surface area contributed by atoms with Crippen molar-refractivity contribution in [3.8, 4) is 16.9 Å². The number of hydrogen-bond acceptors (Lipinski definition) is 4. The highest BCUT2D eigenvalue weighted by Gasteiger charge is 2.28. The van der Waals surface area contributed by atoms with Crippen molar-refractivity contribution in [3.63, 3.8) is 0 Å². The zero-order chi connectivity index (χ0) is 20.1. The van der Waals surface area contributed by atoms with Gasteiger partial charge in [-0.25, -0.2) is 0 Å². The fourth-order valence-corrected chi connectivity index (χ4v) is 3.54. The highest BCUT2D eigenvalue weighted by atomic mass is 35.5. The average molecular weight is 481 g/mol. The Balaban J connectivity index is 0.00000171. The van der Waals surface area contributed by atoms with Crippen molar-refractivity contribution in [1.82, 2.24) is 15.2 Å². The molecule has 164 valence electrons. The lowest BCUT2D eigenvalue weighted by molar-refractivity contribution is 0.0559. The predicted octanol–water partition coefficient (Wildman–Crippen LogP) is 4.74. The van der Waals surface area contributed by atoms with Crippen molar-refractivity contribution >= 4 is 42.3 Å². The summed E-state index contributed by atoms with van der Waals surface area (Å²) in [6.07, 6.45) is 3.39. The van der Waals surface area contributed by atoms with Crippen LogP contribution in [-0.4, -0.2) is 48.1 Å². The van der Waals surface area contributed by atoms with Crippen LogP contribution in [0.25, 0.3) is 11.1 Å². The Morgan fingerprint density at radius 1 is 1.06 bits per heavy atom. The lowest BCUT2D eigenvalue weighted by Crippen LogP contribution is -2.55. The monoisotopic (exact) mass is 479 g/mol. The van der Waals surface area contributed by atoms with Gasteiger partial charge in [0.15, 0.2) is 0 Å². The first-order valence-electron chi connectivity index (χ1n) is 9.61. The van der Waals surface area contributed by atoms with Crippen LogP contribution in [0.15, 0.2) is 73.1 Å². The highest BCUT2D eigenvalue weighted by Crippen LogP contribution is 2.23. The van der Waals surface area contributed by atoms with Gasteiger partial charge in [-0.3, -0.25) is 9.78 Å². The van der Waals surface area contributed by atoms with Gasteiger partial charge < -0.3 is 15.0 Å². The van der Waals surface area contributed by atoms with Crippen molar-refractivity contribution in [2.75, 3.05) is 26.2 Å². The van der Waals surface area contributed by atoms with Gasteiger partial charge in [0.05, 0.1) is 12.2 Å². The largest absolute Gasteiger partial charge is 0.490 e. The maximum Gasteiger partial charge on any atom is 0.254 e. The number of piperazine rings is 1. The maximum absolute atomic E-state index is 13.1. The molecule has 1 unspecified atom stereocenters. The molecule has 1 N–H and O–H groups in total. The van der Waals surface area contributed by atoms with E-state index >= 15 is 0 Å². The lowest BCUT2D eigenvalue weighted by Gasteiger charge is -2.36. The number of pyridine rings is 1. The van der Waals surface area contributed by atoms with Gasteiger partial charge in [0, 0.05) is 36.4 Å². The van der Waals surface area contributed by atoms with Gasteiger partial charge in [-0.15, -0.1) is 24.8 Å². The average Bonchev–Trinajstić information content (AvgIpc) is 2.79. The van der Waals surface area contributed by atoms with Crippen LogP contribution in [0.1, 0.15) is 10.4 Å². The molecule has 1 aliphatic rings. The Bertz CT molecular complexity index is 954. The first kappa shape index (κ1) is 25.0. The summed E-state index contributed by atoms with van der Waals surface area (Å²) in [5, 5.41) is 4.05. The summed E-state index contributed by atoms with van der Waals surface area (Å²) < 4.78 is 5.84. The van der Waals surface area contributed by atoms with Crippen LogP contribution >= 0.6 is 36.4 Å². The van der Waals surface area contributed by atoms with Gasteiger partial charge in [0.1, 0.15) is 12.4 Å². The van der Waals surface area contributed by atoms with Gasteiger partial charge >= 0.3 is 0 Å². The third-order valence-electron chi connectivity index (χ3n) is 5.00. The summed E-state index contributed by atoms with van der Waals surface area (Å²) in [6, 6.07) is 19.0. The number of nitrogens with one attached hydrogen (secondary N) is 1. The number of hydrogen-bond donors (Lipinski definition) is 1. The number of benzene rings is 2. The van der Waals surface area contributed by atoms with Crippen LogP contribution < -0.4 is 10.1 Å². The van der Waals surface area contributed by atoms with E-state index in [0.29, 0.717) is 36.0 Å². The van der Waals surface area contributed by atoms with Crippen LogP contribution in [0, 0.1) is 0 Å². The molecule has 3 aromatic rings. The Labute approximate surface area is 199 Å². The first-order chi connectivity index (χ1) is 14.2. The van der Waals surface area contributed by atoms with E-state index in [9.17, 15) is 4.79 Å². The minimum absolute atomic E-state index is 0. The lowest BCUT2D eigenvalue weighted by atomic mass is 10.0. The molecule has 2 heterocycles. The second-order valence-electron chi connectivity index (χ2n) is 6.94. The van der Waals surface area contributed by atoms with Gasteiger partial charge in [-0.05, 0) is 47.5 Å². The quantitative estimate of drug-likeness (QED) is 0.573. The van der Waals surface area contributed by atoms with E-state index in [1.807, 2.05) is 65.6 Å². The molecule has 1 aromatic heterocycles. The molecule has 0 aliphatic carbocycles. The van der Waals surface area contributed by atoms with E-state index in [1.165, 1.54) is 0 Å². The van der Waals surface area contributed by atoms with Crippen LogP contribution in [0.4, 0.5) is 0 Å². The molecular weight excluding hydrogens is 457 g/mol. The van der Waals surface area contributed by atoms with E-state index in [2.05, 4.69) is 10.3 Å². The normalized spacial score (nSPS) is 15.4. The second kappa shape index (κ2) is 11.9. The summed E-state index contributed by atoms with van der Waals surface area (Å²) >= 11 is 5.96. The number of carbonyl (C=O) groups excluding carboxylic acids is 1. The summed E-state index contributed by atoms with van der Waals surface area (Å²) in [7, 11) is 0. The molecule has 2 aromatic carbocycles. The molecule has 1 aliphatic heterocycles. The molecule has 1 amide bonds. The van der Waals surface area contributed by atoms with Crippen molar-refractivity contribution < 1.29 is 9.53 Å². The van der Waals surface area contributed by atoms with Crippen LogP contribution in [0.5, 0.6) is 5.75 Å². The zero-order valence-electron chi connectivity index (χ0n) is 16.7. The summed E-state index contributed by atoms with van der Waals surface area (Å²) in [5.74, 6) is 0.728. The molecule has 0 bridgehead atoms. The smallest absolute Gasteiger partial charge is 0.254 e. The van der Waals surface area contributed by atoms with E-state index < -0.39 is 0 Å². The number of nitrogens with zero attached hydrogens (tertiary/aromatic N) is 2. The Hall–Kier alpha value is -2.31. The number of aromatic nitrogens is 1. The minimum Gasteiger partial charge on any atom is -0.490 e. The number of rotatable bonds is 5. The molecule has 0 radical (unpaired) electrons. The fourth-order valence-electron chi connectivity index (χ4n) is 3.42. The van der Waals surface area contributed by atoms with Crippen LogP contribution in [0.2, 0.25) is 5.02 Å². The van der Waals surface area contributed by atoms with Crippen LogP contribution in [-0.2, 0) is 0 Å². The van der Waals surface area contributed by atoms with Gasteiger partial charge in [0.2, 0.25) is 0 Å². The first-order valence-corrected chi connectivity index (χ1v) is 9.99. The predicted molar refractivity (Wildman–Crippen MR) is 129 cm³/mol. The molecule has 5 nitrogen and oxygen atoms in total. The third kappa shape index (κ3) is 6.34. The topological polar surface area (TPSA) is 54.5 Å². The van der Waals surface area contributed by atoms with Gasteiger partial charge in [-0.1, -0.05) is 35.9 Å². The molecule has 0 spiro atoms. The van der Waals surface area contributed by atoms with E-state index in [1.54, 1.807) is 12.4 Å². The number of ether oxygens (including phenoxy) is 1. The van der Waals surface area contributed by atoms with E-state index in [-0.39, 0.29) is 36.8 Å². The Morgan fingerprint density at radius 2 is 1.74 bits per heavy atom. The molecular formula is C23H24Cl3N3O2. The molecule has 1 saturated heterocycles. The highest BCUT2D eigenvalue weighted by molar-refractivity contribution is 6.30. The number of halogens is 3. The molecule has 4 rings (SSSR count). The summed E-state index contributed by atoms with van der Waals surface area (Å²) in [5.41, 5.74) is 2.80. The number of carbonyl (C=O) groups is 1. The number of amides is 1. The van der Waals surface area contributed by atoms with Crippen molar-refractivity contribution in [2.24, 2.45) is 0 Å². The Morgan fingerprint density at radius 3 is 2.39 bits per heavy atom. The Kier molecular flexibility index (Phi) is 9.59. The standard InChI is InChI=1S/C23H22ClN3O2.2ClH/c24-20-9-7-18(8-10-20)17-3-5-19(6-4-17)23(28)27-13-12-26-14-21(27)16-29-22-2-1-11-25-15-22;;/h1-11,15,21,26H,12-14,16H2;2*1H. The fraction of sp³-hybridized carbons (Fsp3) is 0.217. The SMILES string of the molecule is Cl.Cl.O=C(c1ccc(-c2ccc(Cl)cc2)cc1)N1CCNCC1COc1cccnc1. The van der Waals surface area contributed by atoms with E-state index in [0.717, 1.165) is 17.7 Å². The molecule has 1 fully saturated rings. The maximum atomic E-state index is 13.1. The molecule has 0 saturated carbocycles. The van der Waals surface area contributed by atoms with Crippen molar-refractivity contribution in [2.45, 2.75) is 6.04 Å². The molecule has 8 heteroatoms. The van der Waals surface area contributed by atoms with E-state index in [4.69, 9.17) is 16.3 Å². The minimum atomic E-state index is -0.0348. The molecule has 31 heavy (non-hydrogen) atoms.